The van der Waals surface area contributed by atoms with Crippen LogP contribution in [0.25, 0.3) is 0 Å². The molecule has 0 bridgehead atoms. The molecule has 0 unspecified atom stereocenters. The minimum Gasteiger partial charge on any atom is -0.463 e. The highest BCUT2D eigenvalue weighted by atomic mass is 32.2. The second kappa shape index (κ2) is 44.5. The summed E-state index contributed by atoms with van der Waals surface area (Å²) < 4.78 is 42.0. The van der Waals surface area contributed by atoms with Crippen LogP contribution in [0.15, 0.2) is 0 Å². The number of esters is 3. The summed E-state index contributed by atoms with van der Waals surface area (Å²) in [5.41, 5.74) is 0.130. The minimum atomic E-state index is -0.806. The van der Waals surface area contributed by atoms with Gasteiger partial charge in [-0.25, -0.2) is 0 Å². The average Bonchev–Trinajstić information content (AvgIpc) is 3.21. The average molecular weight is 1170 g/mol. The van der Waals surface area contributed by atoms with E-state index in [-0.39, 0.29) is 75.2 Å². The standard InChI is InChI=1S/C14H30S.C12H25NO2.C11H24O3.C10H18O4.C10H22O2.C8H16O2/c1-13(2,3)9-7-11-15-12-8-10-14(4,5)6;1-11(2,3)10(14)13-8-7-9-15-12(4,5)6;1-10(2,3)13-7-9(12)8-14-11(4,5)6;1-6(2)9(11)13-8(5)14-10(12)7(3)4;1-9(2,3)11-7-8-12-10(4,5)6;1-6(2)5-8(9)10-7(3)4/h7-12H2,1-6H3;7-9H2,1-6H3,(H,13,14);9,12H,7-8H2,1-6H3;6-8H,1-5H3;7-8H2,1-6H3;6-7H,5H2,1-4H3. The first-order valence-electron chi connectivity index (χ1n) is 29.8. The second-order valence-electron chi connectivity index (χ2n) is 30.1. The zero-order valence-electron chi connectivity index (χ0n) is 58.6. The molecule has 0 radical (unpaired) electrons. The predicted octanol–water partition coefficient (Wildman–Crippen LogP) is 16.0. The van der Waals surface area contributed by atoms with E-state index in [1.807, 2.05) is 152 Å². The van der Waals surface area contributed by atoms with Gasteiger partial charge in [-0.15, -0.1) is 0 Å². The Labute approximate surface area is 499 Å². The van der Waals surface area contributed by atoms with Gasteiger partial charge in [0.05, 0.1) is 72.4 Å². The number of nitrogens with one attached hydrogen (secondary N) is 1. The third-order valence-corrected chi connectivity index (χ3v) is 10.4. The molecule has 0 saturated carbocycles. The maximum absolute atomic E-state index is 11.5. The number of hydrogen-bond acceptors (Lipinski definition) is 14. The summed E-state index contributed by atoms with van der Waals surface area (Å²) in [6, 6.07) is 0. The van der Waals surface area contributed by atoms with E-state index in [4.69, 9.17) is 37.9 Å². The van der Waals surface area contributed by atoms with Gasteiger partial charge in [0.15, 0.2) is 0 Å². The summed E-state index contributed by atoms with van der Waals surface area (Å²) in [6.07, 6.45) is 5.53. The molecule has 0 aliphatic rings. The first-order valence-corrected chi connectivity index (χ1v) is 31.0. The van der Waals surface area contributed by atoms with Gasteiger partial charge in [-0.1, -0.05) is 104 Å². The van der Waals surface area contributed by atoms with Gasteiger partial charge in [0.25, 0.3) is 0 Å². The summed E-state index contributed by atoms with van der Waals surface area (Å²) in [6.45, 7) is 69.3. The maximum atomic E-state index is 11.5. The highest BCUT2D eigenvalue weighted by Gasteiger charge is 2.22. The van der Waals surface area contributed by atoms with Crippen molar-refractivity contribution < 1.29 is 62.2 Å². The molecule has 0 saturated heterocycles. The Morgan fingerprint density at radius 1 is 0.450 bits per heavy atom. The van der Waals surface area contributed by atoms with Crippen LogP contribution in [0, 0.1) is 34.0 Å². The Kier molecular flexibility index (Phi) is 49.6. The van der Waals surface area contributed by atoms with Gasteiger partial charge >= 0.3 is 17.9 Å². The quantitative estimate of drug-likeness (QED) is 0.0531. The lowest BCUT2D eigenvalue weighted by molar-refractivity contribution is -0.189. The molecule has 0 atom stereocenters. The Balaban J connectivity index is -0.000000206. The fourth-order valence-electron chi connectivity index (χ4n) is 5.13. The zero-order valence-corrected chi connectivity index (χ0v) is 59.4. The van der Waals surface area contributed by atoms with Crippen molar-refractivity contribution in [2.45, 2.75) is 314 Å². The topological polar surface area (TPSA) is 174 Å². The van der Waals surface area contributed by atoms with Gasteiger partial charge < -0.3 is 48.3 Å². The largest absolute Gasteiger partial charge is 0.463 e. The van der Waals surface area contributed by atoms with E-state index in [1.165, 1.54) is 44.1 Å². The van der Waals surface area contributed by atoms with E-state index in [0.29, 0.717) is 62.7 Å². The van der Waals surface area contributed by atoms with Gasteiger partial charge in [-0.2, -0.15) is 11.8 Å². The number of hydrogen-bond donors (Lipinski definition) is 2. The Morgan fingerprint density at radius 3 is 1.04 bits per heavy atom. The van der Waals surface area contributed by atoms with Crippen molar-refractivity contribution >= 4 is 35.6 Å². The molecule has 0 aromatic heterocycles. The molecule has 484 valence electrons. The fraction of sp³-hybridized carbons (Fsp3) is 0.938. The summed E-state index contributed by atoms with van der Waals surface area (Å²) in [5, 5.41) is 12.4. The molecule has 0 aromatic carbocycles. The minimum absolute atomic E-state index is 0.0197. The van der Waals surface area contributed by atoms with Crippen LogP contribution in [0.3, 0.4) is 0 Å². The van der Waals surface area contributed by atoms with E-state index in [1.54, 1.807) is 27.7 Å². The molecule has 1 amide bonds. The van der Waals surface area contributed by atoms with Crippen LogP contribution in [0.5, 0.6) is 0 Å². The first kappa shape index (κ1) is 89.2. The van der Waals surface area contributed by atoms with Gasteiger partial charge in [0.2, 0.25) is 12.2 Å². The van der Waals surface area contributed by atoms with Crippen LogP contribution in [0.4, 0.5) is 0 Å². The van der Waals surface area contributed by atoms with Crippen molar-refractivity contribution in [3.8, 4) is 0 Å². The number of rotatable bonds is 24. The number of ether oxygens (including phenoxy) is 8. The molecule has 15 heteroatoms. The molecule has 0 aliphatic heterocycles. The molecule has 80 heavy (non-hydrogen) atoms. The monoisotopic (exact) mass is 1170 g/mol. The lowest BCUT2D eigenvalue weighted by Gasteiger charge is -2.25. The van der Waals surface area contributed by atoms with Crippen LogP contribution in [-0.2, 0) is 57.1 Å². The van der Waals surface area contributed by atoms with Gasteiger partial charge in [-0.3, -0.25) is 19.2 Å². The molecular formula is C65H135NO13S. The molecule has 0 heterocycles. The van der Waals surface area contributed by atoms with Crippen molar-refractivity contribution in [3.05, 3.63) is 0 Å². The van der Waals surface area contributed by atoms with Crippen molar-refractivity contribution in [1.82, 2.24) is 5.32 Å². The van der Waals surface area contributed by atoms with E-state index in [2.05, 4.69) is 58.6 Å². The summed E-state index contributed by atoms with van der Waals surface area (Å²) in [4.78, 5) is 44.5. The number of carbonyl (C=O) groups is 4. The second-order valence-corrected chi connectivity index (χ2v) is 31.3. The van der Waals surface area contributed by atoms with Crippen LogP contribution >= 0.6 is 11.8 Å². The first-order chi connectivity index (χ1) is 35.5. The third kappa shape index (κ3) is 87.2. The number of aliphatic hydroxyl groups excluding tert-OH is 1. The third-order valence-electron chi connectivity index (χ3n) is 9.27. The molecule has 14 nitrogen and oxygen atoms in total. The van der Waals surface area contributed by atoms with Gasteiger partial charge in [-0.05, 0) is 178 Å². The summed E-state index contributed by atoms with van der Waals surface area (Å²) in [5.74, 6) is 1.94. The highest BCUT2D eigenvalue weighted by Crippen LogP contribution is 2.25. The maximum Gasteiger partial charge on any atom is 0.311 e. The smallest absolute Gasteiger partial charge is 0.311 e. The number of aliphatic hydroxyl groups is 1. The predicted molar refractivity (Wildman–Crippen MR) is 338 cm³/mol. The van der Waals surface area contributed by atoms with E-state index in [0.717, 1.165) is 6.42 Å². The number of amides is 1. The normalized spacial score (nSPS) is 12.5. The Hall–Kier alpha value is -2.01. The molecule has 0 spiro atoms. The van der Waals surface area contributed by atoms with Gasteiger partial charge in [0.1, 0.15) is 6.10 Å². The zero-order chi connectivity index (χ0) is 64.7. The van der Waals surface area contributed by atoms with E-state index in [9.17, 15) is 24.3 Å². The number of thioether (sulfide) groups is 1. The molecule has 2 N–H and O–H groups in total. The molecule has 0 aliphatic carbocycles. The molecular weight excluding hydrogens is 1030 g/mol. The van der Waals surface area contributed by atoms with Crippen molar-refractivity contribution in [2.75, 3.05) is 51.1 Å². The fourth-order valence-corrected chi connectivity index (χ4v) is 6.03. The van der Waals surface area contributed by atoms with E-state index >= 15 is 0 Å². The molecule has 0 rings (SSSR count). The molecule has 0 fully saturated rings. The van der Waals surface area contributed by atoms with Gasteiger partial charge in [0, 0.05) is 31.9 Å². The summed E-state index contributed by atoms with van der Waals surface area (Å²) in [7, 11) is 0. The highest BCUT2D eigenvalue weighted by molar-refractivity contribution is 7.99. The summed E-state index contributed by atoms with van der Waals surface area (Å²) >= 11 is 2.13. The van der Waals surface area contributed by atoms with Crippen LogP contribution in [-0.4, -0.2) is 127 Å². The van der Waals surface area contributed by atoms with Crippen LogP contribution in [0.1, 0.15) is 267 Å². The lowest BCUT2D eigenvalue weighted by Crippen LogP contribution is -2.35. The van der Waals surface area contributed by atoms with Crippen LogP contribution < -0.4 is 5.32 Å². The van der Waals surface area contributed by atoms with Crippen LogP contribution in [0.2, 0.25) is 0 Å². The Bertz CT molecular complexity index is 1440. The molecule has 0 aromatic rings. The van der Waals surface area contributed by atoms with E-state index < -0.39 is 12.4 Å². The number of carbonyl (C=O) groups excluding carboxylic acids is 4. The van der Waals surface area contributed by atoms with Crippen molar-refractivity contribution in [3.63, 3.8) is 0 Å². The van der Waals surface area contributed by atoms with Crippen molar-refractivity contribution in [1.29, 1.82) is 0 Å². The Morgan fingerprint density at radius 2 is 0.775 bits per heavy atom. The lowest BCUT2D eigenvalue weighted by atomic mass is 9.91. The SMILES string of the molecule is CC(C)(C)CCCSCCCC(C)(C)C.CC(C)(C)OCC(O)COC(C)(C)C.CC(C)(C)OCCCNC(=O)C(C)(C)C.CC(C)(C)OCCOC(C)(C)C.CC(C)CC(=O)OC(C)C.CC(OC(=O)C(C)C)OC(=O)C(C)C. The van der Waals surface area contributed by atoms with Crippen molar-refractivity contribution in [2.24, 2.45) is 34.0 Å².